The number of benzene rings is 1. The van der Waals surface area contributed by atoms with Crippen LogP contribution in [0.1, 0.15) is 22.5 Å². The first-order chi connectivity index (χ1) is 11.7. The van der Waals surface area contributed by atoms with Crippen molar-refractivity contribution in [2.75, 3.05) is 19.4 Å². The Kier molecular flexibility index (Phi) is 5.93. The Morgan fingerprint density at radius 3 is 2.52 bits per heavy atom. The fourth-order valence-corrected chi connectivity index (χ4v) is 3.61. The first kappa shape index (κ1) is 19.1. The molecule has 1 amide bonds. The Bertz CT molecular complexity index is 874. The average Bonchev–Trinajstić information content (AvgIpc) is 3.09. The van der Waals surface area contributed by atoms with Gasteiger partial charge in [0.05, 0.1) is 15.5 Å². The van der Waals surface area contributed by atoms with E-state index < -0.39 is 15.9 Å². The van der Waals surface area contributed by atoms with Crippen LogP contribution in [0.25, 0.3) is 0 Å². The summed E-state index contributed by atoms with van der Waals surface area (Å²) < 4.78 is 25.3. The Morgan fingerprint density at radius 2 is 1.92 bits per heavy atom. The second-order valence-electron chi connectivity index (χ2n) is 5.42. The maximum absolute atomic E-state index is 12.1. The van der Waals surface area contributed by atoms with Crippen molar-refractivity contribution in [1.29, 1.82) is 0 Å². The molecular weight excluding hydrogens is 364 g/mol. The van der Waals surface area contributed by atoms with Crippen molar-refractivity contribution in [2.45, 2.75) is 17.7 Å². The number of rotatable bonds is 7. The van der Waals surface area contributed by atoms with Crippen LogP contribution in [0.15, 0.2) is 40.6 Å². The van der Waals surface area contributed by atoms with Gasteiger partial charge in [0.15, 0.2) is 5.78 Å². The number of hydrogen-bond donors (Lipinski definition) is 2. The minimum absolute atomic E-state index is 0.0171. The molecule has 7 nitrogen and oxygen atoms in total. The monoisotopic (exact) mass is 382 g/mol. The number of aromatic hydroxyl groups is 1. The fourth-order valence-electron chi connectivity index (χ4n) is 1.99. The maximum atomic E-state index is 12.1. The summed E-state index contributed by atoms with van der Waals surface area (Å²) in [5.74, 6) is -0.881. The second-order valence-corrected chi connectivity index (χ2v) is 8.51. The summed E-state index contributed by atoms with van der Waals surface area (Å²) in [6.07, 6.45) is -0.0381. The number of amides is 1. The van der Waals surface area contributed by atoms with Gasteiger partial charge in [-0.25, -0.2) is 12.7 Å². The first-order valence-electron chi connectivity index (χ1n) is 7.34. The predicted octanol–water partition coefficient (Wildman–Crippen LogP) is 2.31. The summed E-state index contributed by atoms with van der Waals surface area (Å²) in [5, 5.41) is 14.0. The Balaban J connectivity index is 2.06. The molecule has 2 aromatic rings. The van der Waals surface area contributed by atoms with Gasteiger partial charge in [0.1, 0.15) is 5.75 Å². The number of anilines is 1. The number of phenolic OH excluding ortho intramolecular Hbond substituents is 1. The molecular formula is C16H18N2O5S2. The first-order valence-corrected chi connectivity index (χ1v) is 9.66. The van der Waals surface area contributed by atoms with Crippen LogP contribution in [0.3, 0.4) is 0 Å². The van der Waals surface area contributed by atoms with Crippen LogP contribution >= 0.6 is 11.3 Å². The summed E-state index contributed by atoms with van der Waals surface area (Å²) in [6, 6.07) is 7.08. The Morgan fingerprint density at radius 1 is 1.20 bits per heavy atom. The van der Waals surface area contributed by atoms with Gasteiger partial charge >= 0.3 is 0 Å². The van der Waals surface area contributed by atoms with E-state index in [4.69, 9.17) is 0 Å². The number of sulfonamides is 1. The van der Waals surface area contributed by atoms with Crippen LogP contribution in [0.2, 0.25) is 0 Å². The number of carbonyl (C=O) groups is 2. The molecule has 25 heavy (non-hydrogen) atoms. The summed E-state index contributed by atoms with van der Waals surface area (Å²) in [4.78, 5) is 24.4. The quantitative estimate of drug-likeness (QED) is 0.565. The molecule has 0 saturated heterocycles. The average molecular weight is 382 g/mol. The smallest absolute Gasteiger partial charge is 0.242 e. The molecule has 1 aromatic heterocycles. The number of Topliss-reactive ketones (excluding diaryl/α,β-unsaturated/α-hetero) is 1. The van der Waals surface area contributed by atoms with Crippen molar-refractivity contribution in [1.82, 2.24) is 4.31 Å². The van der Waals surface area contributed by atoms with Gasteiger partial charge in [-0.05, 0) is 29.6 Å². The SMILES string of the molecule is CN(C)S(=O)(=O)c1ccc(O)c(NC(=O)CCC(=O)c2cccs2)c1. The van der Waals surface area contributed by atoms with Crippen LogP contribution in [-0.2, 0) is 14.8 Å². The Hall–Kier alpha value is -2.23. The number of nitrogens with zero attached hydrogens (tertiary/aromatic N) is 1. The van der Waals surface area contributed by atoms with Gasteiger partial charge in [0.2, 0.25) is 15.9 Å². The summed E-state index contributed by atoms with van der Waals surface area (Å²) in [7, 11) is -0.918. The number of phenols is 1. The zero-order chi connectivity index (χ0) is 18.6. The molecule has 2 rings (SSSR count). The lowest BCUT2D eigenvalue weighted by atomic mass is 10.2. The normalized spacial score (nSPS) is 11.5. The van der Waals surface area contributed by atoms with Crippen LogP contribution in [0.4, 0.5) is 5.69 Å². The van der Waals surface area contributed by atoms with Gasteiger partial charge in [-0.1, -0.05) is 6.07 Å². The molecule has 9 heteroatoms. The highest BCUT2D eigenvalue weighted by atomic mass is 32.2. The van der Waals surface area contributed by atoms with E-state index in [2.05, 4.69) is 5.32 Å². The highest BCUT2D eigenvalue weighted by molar-refractivity contribution is 7.89. The molecule has 2 N–H and O–H groups in total. The predicted molar refractivity (Wildman–Crippen MR) is 95.5 cm³/mol. The van der Waals surface area contributed by atoms with Gasteiger partial charge < -0.3 is 10.4 Å². The van der Waals surface area contributed by atoms with Crippen molar-refractivity contribution in [3.63, 3.8) is 0 Å². The van der Waals surface area contributed by atoms with Crippen LogP contribution in [-0.4, -0.2) is 43.6 Å². The van der Waals surface area contributed by atoms with Crippen molar-refractivity contribution in [3.05, 3.63) is 40.6 Å². The lowest BCUT2D eigenvalue weighted by molar-refractivity contribution is -0.116. The summed E-state index contributed by atoms with van der Waals surface area (Å²) >= 11 is 1.30. The van der Waals surface area contributed by atoms with E-state index in [1.54, 1.807) is 17.5 Å². The van der Waals surface area contributed by atoms with Crippen molar-refractivity contribution < 1.29 is 23.1 Å². The largest absolute Gasteiger partial charge is 0.506 e. The zero-order valence-electron chi connectivity index (χ0n) is 13.7. The third-order valence-corrected chi connectivity index (χ3v) is 6.12. The topological polar surface area (TPSA) is 104 Å². The molecule has 0 bridgehead atoms. The van der Waals surface area contributed by atoms with Crippen LogP contribution < -0.4 is 5.32 Å². The van der Waals surface area contributed by atoms with Crippen molar-refractivity contribution >= 4 is 38.7 Å². The van der Waals surface area contributed by atoms with E-state index in [9.17, 15) is 23.1 Å². The number of thiophene rings is 1. The number of carbonyl (C=O) groups excluding carboxylic acids is 2. The van der Waals surface area contributed by atoms with Crippen molar-refractivity contribution in [3.8, 4) is 5.75 Å². The molecule has 0 atom stereocenters. The highest BCUT2D eigenvalue weighted by Gasteiger charge is 2.19. The third kappa shape index (κ3) is 4.65. The molecule has 0 fully saturated rings. The molecule has 0 aliphatic rings. The zero-order valence-corrected chi connectivity index (χ0v) is 15.4. The van der Waals surface area contributed by atoms with E-state index in [-0.39, 0.29) is 35.0 Å². The molecule has 1 aromatic carbocycles. The van der Waals surface area contributed by atoms with Gasteiger partial charge in [0, 0.05) is 26.9 Å². The van der Waals surface area contributed by atoms with E-state index >= 15 is 0 Å². The summed E-state index contributed by atoms with van der Waals surface area (Å²) in [5.41, 5.74) is -0.0171. The maximum Gasteiger partial charge on any atom is 0.242 e. The van der Waals surface area contributed by atoms with E-state index in [1.165, 1.54) is 43.6 Å². The molecule has 0 unspecified atom stereocenters. The highest BCUT2D eigenvalue weighted by Crippen LogP contribution is 2.27. The van der Waals surface area contributed by atoms with E-state index in [0.29, 0.717) is 4.88 Å². The standard InChI is InChI=1S/C16H18N2O5S2/c1-18(2)25(22,23)11-5-6-13(19)12(10-11)17-16(21)8-7-14(20)15-4-3-9-24-15/h3-6,9-10,19H,7-8H2,1-2H3,(H,17,21). The minimum Gasteiger partial charge on any atom is -0.506 e. The van der Waals surface area contributed by atoms with Gasteiger partial charge in [-0.2, -0.15) is 0 Å². The molecule has 0 spiro atoms. The third-order valence-electron chi connectivity index (χ3n) is 3.40. The van der Waals surface area contributed by atoms with E-state index in [0.717, 1.165) is 4.31 Å². The van der Waals surface area contributed by atoms with E-state index in [1.807, 2.05) is 0 Å². The lowest BCUT2D eigenvalue weighted by Crippen LogP contribution is -2.22. The summed E-state index contributed by atoms with van der Waals surface area (Å²) in [6.45, 7) is 0. The van der Waals surface area contributed by atoms with Crippen LogP contribution in [0, 0.1) is 0 Å². The number of nitrogens with one attached hydrogen (secondary N) is 1. The molecule has 0 radical (unpaired) electrons. The van der Waals surface area contributed by atoms with Gasteiger partial charge in [-0.15, -0.1) is 11.3 Å². The lowest BCUT2D eigenvalue weighted by Gasteiger charge is -2.13. The van der Waals surface area contributed by atoms with Crippen LogP contribution in [0.5, 0.6) is 5.75 Å². The second kappa shape index (κ2) is 7.77. The van der Waals surface area contributed by atoms with Gasteiger partial charge in [-0.3, -0.25) is 9.59 Å². The molecule has 0 saturated carbocycles. The number of ketones is 1. The van der Waals surface area contributed by atoms with Crippen molar-refractivity contribution in [2.24, 2.45) is 0 Å². The molecule has 1 heterocycles. The number of hydrogen-bond acceptors (Lipinski definition) is 6. The molecule has 0 aliphatic carbocycles. The minimum atomic E-state index is -3.69. The Labute approximate surface area is 150 Å². The molecule has 134 valence electrons. The van der Waals surface area contributed by atoms with Gasteiger partial charge in [0.25, 0.3) is 0 Å². The fraction of sp³-hybridized carbons (Fsp3) is 0.250. The molecule has 0 aliphatic heterocycles.